The van der Waals surface area contributed by atoms with Crippen LogP contribution in [0.2, 0.25) is 0 Å². The highest BCUT2D eigenvalue weighted by molar-refractivity contribution is 5.36. The van der Waals surface area contributed by atoms with Crippen molar-refractivity contribution in [1.82, 2.24) is 10.1 Å². The number of aliphatic hydroxyl groups excluding tert-OH is 1. The number of fused-ring (bicyclic) bond motifs is 1. The van der Waals surface area contributed by atoms with Crippen molar-refractivity contribution in [1.29, 1.82) is 0 Å². The van der Waals surface area contributed by atoms with Gasteiger partial charge in [-0.25, -0.2) is 0 Å². The highest BCUT2D eigenvalue weighted by Crippen LogP contribution is 2.31. The zero-order chi connectivity index (χ0) is 11.7. The van der Waals surface area contributed by atoms with Crippen LogP contribution in [0.25, 0.3) is 0 Å². The van der Waals surface area contributed by atoms with E-state index in [1.165, 1.54) is 0 Å². The smallest absolute Gasteiger partial charge is 0.233 e. The van der Waals surface area contributed by atoms with Gasteiger partial charge in [-0.1, -0.05) is 23.4 Å². The molecule has 0 fully saturated rings. The molecule has 3 rings (SSSR count). The van der Waals surface area contributed by atoms with Crippen molar-refractivity contribution in [2.24, 2.45) is 0 Å². The van der Waals surface area contributed by atoms with Crippen LogP contribution in [0.4, 0.5) is 0 Å². The topological polar surface area (TPSA) is 68.4 Å². The molecule has 17 heavy (non-hydrogen) atoms. The van der Waals surface area contributed by atoms with Crippen LogP contribution in [0.3, 0.4) is 0 Å². The Morgan fingerprint density at radius 3 is 3.06 bits per heavy atom. The van der Waals surface area contributed by atoms with Crippen LogP contribution in [-0.2, 0) is 13.0 Å². The van der Waals surface area contributed by atoms with Gasteiger partial charge in [0.25, 0.3) is 0 Å². The fourth-order valence-electron chi connectivity index (χ4n) is 1.98. The molecule has 2 heterocycles. The first kappa shape index (κ1) is 10.3. The van der Waals surface area contributed by atoms with Crippen LogP contribution >= 0.6 is 0 Å². The molecule has 1 aromatic carbocycles. The van der Waals surface area contributed by atoms with E-state index in [0.717, 1.165) is 17.7 Å². The Bertz CT molecular complexity index is 524. The maximum Gasteiger partial charge on any atom is 0.233 e. The van der Waals surface area contributed by atoms with E-state index in [4.69, 9.17) is 14.4 Å². The van der Waals surface area contributed by atoms with Crippen molar-refractivity contribution in [2.75, 3.05) is 6.61 Å². The molecule has 5 nitrogen and oxygen atoms in total. The molecule has 2 aromatic rings. The molecular weight excluding hydrogens is 220 g/mol. The van der Waals surface area contributed by atoms with Crippen molar-refractivity contribution in [2.45, 2.75) is 18.9 Å². The number of hydrogen-bond acceptors (Lipinski definition) is 5. The van der Waals surface area contributed by atoms with Crippen molar-refractivity contribution in [3.63, 3.8) is 0 Å². The first-order chi connectivity index (χ1) is 8.36. The van der Waals surface area contributed by atoms with Gasteiger partial charge in [0.15, 0.2) is 5.82 Å². The van der Waals surface area contributed by atoms with Gasteiger partial charge in [0.05, 0.1) is 5.92 Å². The Balaban J connectivity index is 1.84. The van der Waals surface area contributed by atoms with E-state index in [2.05, 4.69) is 10.1 Å². The monoisotopic (exact) mass is 232 g/mol. The van der Waals surface area contributed by atoms with Crippen molar-refractivity contribution < 1.29 is 14.4 Å². The molecule has 0 saturated heterocycles. The highest BCUT2D eigenvalue weighted by Gasteiger charge is 2.25. The maximum atomic E-state index is 8.89. The third-order valence-corrected chi connectivity index (χ3v) is 2.85. The molecule has 1 aromatic heterocycles. The van der Waals surface area contributed by atoms with Gasteiger partial charge >= 0.3 is 0 Å². The molecule has 5 heteroatoms. The SMILES string of the molecule is OCc1noc(C2COc3ccccc3C2)n1. The first-order valence-electron chi connectivity index (χ1n) is 5.51. The maximum absolute atomic E-state index is 8.89. The number of aliphatic hydroxyl groups is 1. The molecule has 0 saturated carbocycles. The summed E-state index contributed by atoms with van der Waals surface area (Å²) in [6, 6.07) is 7.93. The number of rotatable bonds is 2. The van der Waals surface area contributed by atoms with Crippen molar-refractivity contribution >= 4 is 0 Å². The summed E-state index contributed by atoms with van der Waals surface area (Å²) in [5.41, 5.74) is 1.15. The van der Waals surface area contributed by atoms with Gasteiger partial charge in [0.2, 0.25) is 5.89 Å². The number of ether oxygens (including phenoxy) is 1. The number of para-hydroxylation sites is 1. The van der Waals surface area contributed by atoms with E-state index in [-0.39, 0.29) is 12.5 Å². The van der Waals surface area contributed by atoms with Crippen LogP contribution in [0, 0.1) is 0 Å². The fourth-order valence-corrected chi connectivity index (χ4v) is 1.98. The van der Waals surface area contributed by atoms with Crippen LogP contribution in [-0.4, -0.2) is 21.9 Å². The lowest BCUT2D eigenvalue weighted by Gasteiger charge is -2.22. The molecule has 0 radical (unpaired) electrons. The van der Waals surface area contributed by atoms with Crippen molar-refractivity contribution in [3.8, 4) is 5.75 Å². The Labute approximate surface area is 98.0 Å². The van der Waals surface area contributed by atoms with Crippen LogP contribution in [0.15, 0.2) is 28.8 Å². The van der Waals surface area contributed by atoms with E-state index in [1.54, 1.807) is 0 Å². The summed E-state index contributed by atoms with van der Waals surface area (Å²) in [7, 11) is 0. The number of hydrogen-bond donors (Lipinski definition) is 1. The van der Waals surface area contributed by atoms with Crippen molar-refractivity contribution in [3.05, 3.63) is 41.5 Å². The summed E-state index contributed by atoms with van der Waals surface area (Å²) in [5, 5.41) is 12.6. The lowest BCUT2D eigenvalue weighted by Crippen LogP contribution is -2.19. The summed E-state index contributed by atoms with van der Waals surface area (Å²) < 4.78 is 10.8. The van der Waals surface area contributed by atoms with Gasteiger partial charge in [-0.15, -0.1) is 0 Å². The minimum absolute atomic E-state index is 0.0673. The zero-order valence-electron chi connectivity index (χ0n) is 9.17. The predicted molar refractivity (Wildman–Crippen MR) is 58.6 cm³/mol. The molecule has 1 aliphatic heterocycles. The van der Waals surface area contributed by atoms with E-state index in [0.29, 0.717) is 18.3 Å². The molecule has 0 spiro atoms. The predicted octanol–water partition coefficient (Wildman–Crippen LogP) is 1.28. The van der Waals surface area contributed by atoms with Gasteiger partial charge in [-0.05, 0) is 18.1 Å². The average molecular weight is 232 g/mol. The van der Waals surface area contributed by atoms with E-state index >= 15 is 0 Å². The van der Waals surface area contributed by atoms with E-state index in [1.807, 2.05) is 24.3 Å². The highest BCUT2D eigenvalue weighted by atomic mass is 16.5. The number of aromatic nitrogens is 2. The Morgan fingerprint density at radius 1 is 1.35 bits per heavy atom. The van der Waals surface area contributed by atoms with E-state index in [9.17, 15) is 0 Å². The molecule has 88 valence electrons. The summed E-state index contributed by atoms with van der Waals surface area (Å²) in [5.74, 6) is 1.84. The third kappa shape index (κ3) is 1.89. The van der Waals surface area contributed by atoms with E-state index < -0.39 is 0 Å². The average Bonchev–Trinajstić information content (AvgIpc) is 2.87. The largest absolute Gasteiger partial charge is 0.492 e. The second-order valence-electron chi connectivity index (χ2n) is 4.03. The normalized spacial score (nSPS) is 18.5. The number of benzene rings is 1. The second-order valence-corrected chi connectivity index (χ2v) is 4.03. The molecule has 0 bridgehead atoms. The lowest BCUT2D eigenvalue weighted by atomic mass is 9.97. The molecule has 0 aliphatic carbocycles. The molecular formula is C12H12N2O3. The molecule has 1 N–H and O–H groups in total. The quantitative estimate of drug-likeness (QED) is 0.844. The van der Waals surface area contributed by atoms with Gasteiger partial charge < -0.3 is 14.4 Å². The van der Waals surface area contributed by atoms with Crippen LogP contribution in [0.5, 0.6) is 5.75 Å². The summed E-state index contributed by atoms with van der Waals surface area (Å²) in [6.07, 6.45) is 0.823. The second kappa shape index (κ2) is 4.18. The van der Waals surface area contributed by atoms with Gasteiger partial charge in [-0.3, -0.25) is 0 Å². The Morgan fingerprint density at radius 2 is 2.24 bits per heavy atom. The molecule has 1 aliphatic rings. The Hall–Kier alpha value is -1.88. The molecule has 1 unspecified atom stereocenters. The lowest BCUT2D eigenvalue weighted by molar-refractivity contribution is 0.228. The Kier molecular flexibility index (Phi) is 2.53. The third-order valence-electron chi connectivity index (χ3n) is 2.85. The molecule has 1 atom stereocenters. The van der Waals surface area contributed by atoms with Crippen LogP contribution in [0.1, 0.15) is 23.2 Å². The fraction of sp³-hybridized carbons (Fsp3) is 0.333. The van der Waals surface area contributed by atoms with Gasteiger partial charge in [-0.2, -0.15) is 4.98 Å². The summed E-state index contributed by atoms with van der Waals surface area (Å²) in [4.78, 5) is 4.12. The minimum atomic E-state index is -0.201. The zero-order valence-corrected chi connectivity index (χ0v) is 9.17. The van der Waals surface area contributed by atoms with Crippen LogP contribution < -0.4 is 4.74 Å². The van der Waals surface area contributed by atoms with Gasteiger partial charge in [0, 0.05) is 0 Å². The number of nitrogens with zero attached hydrogens (tertiary/aromatic N) is 2. The first-order valence-corrected chi connectivity index (χ1v) is 5.51. The van der Waals surface area contributed by atoms with Gasteiger partial charge in [0.1, 0.15) is 19.0 Å². The summed E-state index contributed by atoms with van der Waals surface area (Å²) in [6.45, 7) is 0.331. The summed E-state index contributed by atoms with van der Waals surface area (Å²) >= 11 is 0. The molecule has 0 amide bonds. The standard InChI is InChI=1S/C12H12N2O3/c15-6-11-13-12(17-14-11)9-5-8-3-1-2-4-10(8)16-7-9/h1-4,9,15H,5-7H2. The minimum Gasteiger partial charge on any atom is -0.492 e.